The molecule has 2 aromatic rings. The Morgan fingerprint density at radius 1 is 1.37 bits per heavy atom. The van der Waals surface area contributed by atoms with Gasteiger partial charge in [0.25, 0.3) is 0 Å². The summed E-state index contributed by atoms with van der Waals surface area (Å²) < 4.78 is 1.85. The molecule has 0 aliphatic rings. The number of halogens is 1. The molecule has 0 aliphatic heterocycles. The second-order valence-corrected chi connectivity index (χ2v) is 5.24. The zero-order valence-corrected chi connectivity index (χ0v) is 12.2. The van der Waals surface area contributed by atoms with Gasteiger partial charge in [0.2, 0.25) is 0 Å². The molecular weight excluding hydrogens is 258 g/mol. The van der Waals surface area contributed by atoms with Crippen LogP contribution < -0.4 is 5.32 Å². The van der Waals surface area contributed by atoms with Crippen molar-refractivity contribution in [1.29, 1.82) is 0 Å². The average Bonchev–Trinajstić information content (AvgIpc) is 2.81. The zero-order chi connectivity index (χ0) is 13.7. The van der Waals surface area contributed by atoms with Gasteiger partial charge >= 0.3 is 0 Å². The summed E-state index contributed by atoms with van der Waals surface area (Å²) in [6.07, 6.45) is 6.09. The van der Waals surface area contributed by atoms with E-state index in [0.29, 0.717) is 5.92 Å². The van der Waals surface area contributed by atoms with Gasteiger partial charge in [0.15, 0.2) is 0 Å². The van der Waals surface area contributed by atoms with E-state index in [1.807, 2.05) is 43.2 Å². The molecule has 3 nitrogen and oxygen atoms in total. The van der Waals surface area contributed by atoms with Crippen LogP contribution in [0.1, 0.15) is 23.5 Å². The summed E-state index contributed by atoms with van der Waals surface area (Å²) in [5.74, 6) is 0.430. The van der Waals surface area contributed by atoms with Crippen molar-refractivity contribution in [1.82, 2.24) is 15.1 Å². The van der Waals surface area contributed by atoms with Crippen LogP contribution in [0.15, 0.2) is 36.7 Å². The van der Waals surface area contributed by atoms with Gasteiger partial charge in [0.1, 0.15) is 0 Å². The number of nitrogens with one attached hydrogen (secondary N) is 1. The van der Waals surface area contributed by atoms with Crippen molar-refractivity contribution in [2.75, 3.05) is 13.6 Å². The van der Waals surface area contributed by atoms with Gasteiger partial charge < -0.3 is 5.32 Å². The number of hydrogen-bond acceptors (Lipinski definition) is 2. The lowest BCUT2D eigenvalue weighted by Gasteiger charge is -2.18. The monoisotopic (exact) mass is 277 g/mol. The molecule has 0 fully saturated rings. The molecule has 0 aliphatic carbocycles. The van der Waals surface area contributed by atoms with Gasteiger partial charge in [0.05, 0.1) is 6.20 Å². The minimum absolute atomic E-state index is 0.430. The van der Waals surface area contributed by atoms with Crippen molar-refractivity contribution in [2.45, 2.75) is 18.8 Å². The Labute approximate surface area is 119 Å². The molecule has 1 aromatic heterocycles. The van der Waals surface area contributed by atoms with E-state index in [2.05, 4.69) is 22.7 Å². The maximum atomic E-state index is 6.30. The average molecular weight is 278 g/mol. The van der Waals surface area contributed by atoms with Crippen molar-refractivity contribution >= 4 is 11.6 Å². The van der Waals surface area contributed by atoms with Gasteiger partial charge in [-0.3, -0.25) is 4.68 Å². The highest BCUT2D eigenvalue weighted by atomic mass is 35.5. The summed E-state index contributed by atoms with van der Waals surface area (Å²) in [6.45, 7) is 0.935. The first-order chi connectivity index (χ1) is 9.20. The molecule has 0 saturated heterocycles. The molecule has 19 heavy (non-hydrogen) atoms. The number of nitrogens with zero attached hydrogens (tertiary/aromatic N) is 2. The molecule has 102 valence electrons. The molecule has 0 amide bonds. The summed E-state index contributed by atoms with van der Waals surface area (Å²) >= 11 is 6.30. The van der Waals surface area contributed by atoms with Gasteiger partial charge in [-0.05, 0) is 43.0 Å². The van der Waals surface area contributed by atoms with Crippen LogP contribution in [0.2, 0.25) is 5.02 Å². The third-order valence-electron chi connectivity index (χ3n) is 3.34. The van der Waals surface area contributed by atoms with Gasteiger partial charge in [0, 0.05) is 24.8 Å². The molecule has 1 atom stereocenters. The van der Waals surface area contributed by atoms with Gasteiger partial charge in [-0.1, -0.05) is 29.8 Å². The van der Waals surface area contributed by atoms with Crippen LogP contribution in [-0.2, 0) is 13.5 Å². The Kier molecular flexibility index (Phi) is 5.00. The Hall–Kier alpha value is -1.32. The molecule has 0 saturated carbocycles. The second-order valence-electron chi connectivity index (χ2n) is 4.84. The van der Waals surface area contributed by atoms with Crippen LogP contribution >= 0.6 is 11.6 Å². The SMILES string of the molecule is CNCC(CCc1cnn(C)c1)c1ccccc1Cl. The largest absolute Gasteiger partial charge is 0.319 e. The van der Waals surface area contributed by atoms with E-state index in [1.54, 1.807) is 0 Å². The van der Waals surface area contributed by atoms with Crippen LogP contribution in [0.4, 0.5) is 0 Å². The van der Waals surface area contributed by atoms with Crippen LogP contribution in [0.3, 0.4) is 0 Å². The zero-order valence-electron chi connectivity index (χ0n) is 11.4. The lowest BCUT2D eigenvalue weighted by Crippen LogP contribution is -2.18. The quantitative estimate of drug-likeness (QED) is 0.880. The van der Waals surface area contributed by atoms with Crippen LogP contribution in [-0.4, -0.2) is 23.4 Å². The van der Waals surface area contributed by atoms with E-state index in [9.17, 15) is 0 Å². The van der Waals surface area contributed by atoms with Gasteiger partial charge in [-0.25, -0.2) is 0 Å². The fraction of sp³-hybridized carbons (Fsp3) is 0.400. The predicted octanol–water partition coefficient (Wildman–Crippen LogP) is 3.01. The Balaban J connectivity index is 2.06. The summed E-state index contributed by atoms with van der Waals surface area (Å²) in [7, 11) is 3.93. The van der Waals surface area contributed by atoms with Gasteiger partial charge in [-0.2, -0.15) is 5.10 Å². The van der Waals surface area contributed by atoms with E-state index in [4.69, 9.17) is 11.6 Å². The van der Waals surface area contributed by atoms with Crippen molar-refractivity contribution < 1.29 is 0 Å². The van der Waals surface area contributed by atoms with Crippen molar-refractivity contribution in [2.24, 2.45) is 7.05 Å². The van der Waals surface area contributed by atoms with E-state index in [0.717, 1.165) is 24.4 Å². The molecule has 0 spiro atoms. The van der Waals surface area contributed by atoms with Gasteiger partial charge in [-0.15, -0.1) is 0 Å². The number of aromatic nitrogens is 2. The summed E-state index contributed by atoms with van der Waals surface area (Å²) in [5, 5.41) is 8.32. The van der Waals surface area contributed by atoms with E-state index in [-0.39, 0.29) is 0 Å². The molecule has 1 aromatic carbocycles. The molecule has 4 heteroatoms. The molecule has 1 heterocycles. The normalized spacial score (nSPS) is 12.6. The number of likely N-dealkylation sites (N-methyl/N-ethyl adjacent to an activating group) is 1. The first-order valence-electron chi connectivity index (χ1n) is 6.57. The lowest BCUT2D eigenvalue weighted by atomic mass is 9.93. The third-order valence-corrected chi connectivity index (χ3v) is 3.68. The van der Waals surface area contributed by atoms with E-state index >= 15 is 0 Å². The molecule has 0 radical (unpaired) electrons. The van der Waals surface area contributed by atoms with Crippen molar-refractivity contribution in [3.63, 3.8) is 0 Å². The maximum Gasteiger partial charge on any atom is 0.0521 e. The number of rotatable bonds is 6. The van der Waals surface area contributed by atoms with E-state index < -0.39 is 0 Å². The lowest BCUT2D eigenvalue weighted by molar-refractivity contribution is 0.584. The third kappa shape index (κ3) is 3.82. The molecule has 0 bridgehead atoms. The number of aryl methyl sites for hydroxylation is 2. The summed E-state index contributed by atoms with van der Waals surface area (Å²) in [6, 6.07) is 8.11. The molecule has 2 rings (SSSR count). The Morgan fingerprint density at radius 2 is 2.16 bits per heavy atom. The summed E-state index contributed by atoms with van der Waals surface area (Å²) in [5.41, 5.74) is 2.50. The number of hydrogen-bond donors (Lipinski definition) is 1. The predicted molar refractivity (Wildman–Crippen MR) is 79.6 cm³/mol. The molecule has 1 N–H and O–H groups in total. The highest BCUT2D eigenvalue weighted by Gasteiger charge is 2.14. The highest BCUT2D eigenvalue weighted by Crippen LogP contribution is 2.27. The molecule has 1 unspecified atom stereocenters. The smallest absolute Gasteiger partial charge is 0.0521 e. The Bertz CT molecular complexity index is 522. The summed E-state index contributed by atoms with van der Waals surface area (Å²) in [4.78, 5) is 0. The van der Waals surface area contributed by atoms with Crippen molar-refractivity contribution in [3.8, 4) is 0 Å². The first-order valence-corrected chi connectivity index (χ1v) is 6.95. The van der Waals surface area contributed by atoms with Crippen LogP contribution in [0, 0.1) is 0 Å². The standard InChI is InChI=1S/C15H20ClN3/c1-17-10-13(14-5-3-4-6-15(14)16)8-7-12-9-18-19(2)11-12/h3-6,9,11,13,17H,7-8,10H2,1-2H3. The Morgan fingerprint density at radius 3 is 2.79 bits per heavy atom. The first kappa shape index (κ1) is 14.1. The fourth-order valence-electron chi connectivity index (χ4n) is 2.36. The van der Waals surface area contributed by atoms with E-state index in [1.165, 1.54) is 11.1 Å². The topological polar surface area (TPSA) is 29.9 Å². The highest BCUT2D eigenvalue weighted by molar-refractivity contribution is 6.31. The second kappa shape index (κ2) is 6.73. The minimum atomic E-state index is 0.430. The molecular formula is C15H20ClN3. The maximum absolute atomic E-state index is 6.30. The van der Waals surface area contributed by atoms with Crippen LogP contribution in [0.25, 0.3) is 0 Å². The minimum Gasteiger partial charge on any atom is -0.319 e. The fourth-order valence-corrected chi connectivity index (χ4v) is 2.65. The van der Waals surface area contributed by atoms with Crippen molar-refractivity contribution in [3.05, 3.63) is 52.8 Å². The number of benzene rings is 1. The van der Waals surface area contributed by atoms with Crippen LogP contribution in [0.5, 0.6) is 0 Å².